The van der Waals surface area contributed by atoms with E-state index in [2.05, 4.69) is 23.8 Å². The minimum Gasteiger partial charge on any atom is -0.315 e. The maximum Gasteiger partial charge on any atom is 0.327 e. The maximum absolute atomic E-state index is 12.7. The predicted octanol–water partition coefficient (Wildman–Crippen LogP) is 3.57. The van der Waals surface area contributed by atoms with Crippen LogP contribution in [0.25, 0.3) is 11.1 Å². The molecule has 23 heavy (non-hydrogen) atoms. The molecule has 2 aromatic rings. The zero-order valence-corrected chi connectivity index (χ0v) is 14.0. The first-order valence-corrected chi connectivity index (χ1v) is 7.88. The number of carbonyl (C=O) groups is 1. The van der Waals surface area contributed by atoms with Crippen LogP contribution in [0, 0.1) is 0 Å². The van der Waals surface area contributed by atoms with E-state index in [0.29, 0.717) is 12.5 Å². The molecule has 1 aromatic carbocycles. The highest BCUT2D eigenvalue weighted by Crippen LogP contribution is 2.30. The molecule has 2 amide bonds. The largest absolute Gasteiger partial charge is 0.327 e. The topological polar surface area (TPSA) is 49.3 Å². The third-order valence-corrected chi connectivity index (χ3v) is 4.14. The van der Waals surface area contributed by atoms with Gasteiger partial charge in [0.15, 0.2) is 0 Å². The highest BCUT2D eigenvalue weighted by Gasteiger charge is 2.45. The normalized spacial score (nSPS) is 17.2. The Kier molecular flexibility index (Phi) is 3.80. The van der Waals surface area contributed by atoms with Crippen LogP contribution in [0.5, 0.6) is 0 Å². The second-order valence-electron chi connectivity index (χ2n) is 6.78. The monoisotopic (exact) mass is 310 g/mol. The van der Waals surface area contributed by atoms with Gasteiger partial charge in [-0.3, -0.25) is 4.90 Å². The second-order valence-corrected chi connectivity index (χ2v) is 6.78. The highest BCUT2D eigenvalue weighted by molar-refractivity contribution is 5.93. The summed E-state index contributed by atoms with van der Waals surface area (Å²) in [4.78, 5) is 25.1. The van der Waals surface area contributed by atoms with Crippen LogP contribution in [0.2, 0.25) is 0 Å². The molecule has 0 aliphatic carbocycles. The van der Waals surface area contributed by atoms with Crippen molar-refractivity contribution in [2.45, 2.75) is 39.3 Å². The van der Waals surface area contributed by atoms with Gasteiger partial charge in [-0.15, -0.1) is 0 Å². The first kappa shape index (κ1) is 15.5. The van der Waals surface area contributed by atoms with Gasteiger partial charge in [-0.2, -0.15) is 0 Å². The Balaban J connectivity index is 1.87. The minimum atomic E-state index is -0.229. The summed E-state index contributed by atoms with van der Waals surface area (Å²) in [6, 6.07) is 10.1. The third-order valence-electron chi connectivity index (χ3n) is 4.14. The molecule has 1 aliphatic rings. The molecule has 1 aliphatic heterocycles. The molecule has 0 unspecified atom stereocenters. The van der Waals surface area contributed by atoms with E-state index in [-0.39, 0.29) is 17.6 Å². The van der Waals surface area contributed by atoms with Gasteiger partial charge in [0.05, 0.1) is 12.1 Å². The molecule has 3 rings (SSSR count). The highest BCUT2D eigenvalue weighted by atomic mass is 16.2. The Morgan fingerprint density at radius 2 is 1.65 bits per heavy atom. The van der Waals surface area contributed by atoms with E-state index in [1.54, 1.807) is 17.3 Å². The summed E-state index contributed by atoms with van der Waals surface area (Å²) in [6.07, 6.45) is 3.55. The van der Waals surface area contributed by atoms with Crippen LogP contribution >= 0.6 is 0 Å². The Hall–Kier alpha value is -2.43. The van der Waals surface area contributed by atoms with Crippen molar-refractivity contribution >= 4 is 12.0 Å². The lowest BCUT2D eigenvalue weighted by molar-refractivity contribution is 0.152. The standard InChI is InChI=1S/C18H22N4O/c1-13(2)22-17(23)21(12-18(22,3)4)16-19-10-15(11-20-16)14-8-6-5-7-9-14/h5-11,13H,12H2,1-4H3. The summed E-state index contributed by atoms with van der Waals surface area (Å²) in [5.41, 5.74) is 1.78. The molecule has 0 bridgehead atoms. The SMILES string of the molecule is CC(C)N1C(=O)N(c2ncc(-c3ccccc3)cn2)CC1(C)C. The first-order chi connectivity index (χ1) is 10.9. The quantitative estimate of drug-likeness (QED) is 0.870. The van der Waals surface area contributed by atoms with Crippen LogP contribution in [0.3, 0.4) is 0 Å². The molecule has 0 saturated carbocycles. The van der Waals surface area contributed by atoms with Crippen molar-refractivity contribution < 1.29 is 4.79 Å². The van der Waals surface area contributed by atoms with Crippen LogP contribution < -0.4 is 4.90 Å². The molecule has 1 aromatic heterocycles. The van der Waals surface area contributed by atoms with E-state index >= 15 is 0 Å². The van der Waals surface area contributed by atoms with Gasteiger partial charge in [-0.1, -0.05) is 30.3 Å². The Bertz CT molecular complexity index is 695. The number of hydrogen-bond donors (Lipinski definition) is 0. The molecule has 0 N–H and O–H groups in total. The zero-order chi connectivity index (χ0) is 16.6. The number of rotatable bonds is 3. The molecule has 0 spiro atoms. The molecule has 0 radical (unpaired) electrons. The van der Waals surface area contributed by atoms with E-state index in [0.717, 1.165) is 11.1 Å². The molecule has 1 saturated heterocycles. The third kappa shape index (κ3) is 2.79. The molecule has 120 valence electrons. The fourth-order valence-corrected chi connectivity index (χ4v) is 3.24. The van der Waals surface area contributed by atoms with Crippen molar-refractivity contribution in [1.29, 1.82) is 0 Å². The lowest BCUT2D eigenvalue weighted by Gasteiger charge is -2.32. The van der Waals surface area contributed by atoms with Gasteiger partial charge < -0.3 is 4.90 Å². The van der Waals surface area contributed by atoms with E-state index in [9.17, 15) is 4.79 Å². The summed E-state index contributed by atoms with van der Waals surface area (Å²) < 4.78 is 0. The Labute approximate surface area is 137 Å². The molecule has 0 atom stereocenters. The van der Waals surface area contributed by atoms with Crippen molar-refractivity contribution in [3.63, 3.8) is 0 Å². The number of amides is 2. The number of hydrogen-bond acceptors (Lipinski definition) is 3. The summed E-state index contributed by atoms with van der Waals surface area (Å²) in [7, 11) is 0. The average Bonchev–Trinajstić information content (AvgIpc) is 2.78. The van der Waals surface area contributed by atoms with Crippen LogP contribution in [0.15, 0.2) is 42.7 Å². The molecule has 1 fully saturated rings. The number of carbonyl (C=O) groups excluding carboxylic acids is 1. The molecular weight excluding hydrogens is 288 g/mol. The molecular formula is C18H22N4O. The van der Waals surface area contributed by atoms with Gasteiger partial charge in [0, 0.05) is 24.0 Å². The van der Waals surface area contributed by atoms with E-state index < -0.39 is 0 Å². The fourth-order valence-electron chi connectivity index (χ4n) is 3.24. The lowest BCUT2D eigenvalue weighted by atomic mass is 10.0. The Morgan fingerprint density at radius 3 is 2.17 bits per heavy atom. The van der Waals surface area contributed by atoms with Crippen LogP contribution in [-0.2, 0) is 0 Å². The van der Waals surface area contributed by atoms with Gasteiger partial charge in [0.2, 0.25) is 5.95 Å². The van der Waals surface area contributed by atoms with Gasteiger partial charge in [0.25, 0.3) is 0 Å². The smallest absolute Gasteiger partial charge is 0.315 e. The first-order valence-electron chi connectivity index (χ1n) is 7.88. The molecule has 5 nitrogen and oxygen atoms in total. The number of anilines is 1. The molecule has 5 heteroatoms. The summed E-state index contributed by atoms with van der Waals surface area (Å²) in [6.45, 7) is 8.80. The van der Waals surface area contributed by atoms with Crippen LogP contribution in [0.1, 0.15) is 27.7 Å². The van der Waals surface area contributed by atoms with E-state index in [1.807, 2.05) is 49.1 Å². The van der Waals surface area contributed by atoms with Crippen LogP contribution in [0.4, 0.5) is 10.7 Å². The van der Waals surface area contributed by atoms with Crippen molar-refractivity contribution in [3.8, 4) is 11.1 Å². The molecule has 2 heterocycles. The maximum atomic E-state index is 12.7. The number of urea groups is 1. The lowest BCUT2D eigenvalue weighted by Crippen LogP contribution is -2.46. The summed E-state index contributed by atoms with van der Waals surface area (Å²) >= 11 is 0. The van der Waals surface area contributed by atoms with Crippen molar-refractivity contribution in [3.05, 3.63) is 42.7 Å². The fraction of sp³-hybridized carbons (Fsp3) is 0.389. The van der Waals surface area contributed by atoms with Crippen molar-refractivity contribution in [2.24, 2.45) is 0 Å². The van der Waals surface area contributed by atoms with Crippen molar-refractivity contribution in [2.75, 3.05) is 11.4 Å². The summed E-state index contributed by atoms with van der Waals surface area (Å²) in [5, 5.41) is 0. The van der Waals surface area contributed by atoms with Crippen molar-refractivity contribution in [1.82, 2.24) is 14.9 Å². The van der Waals surface area contributed by atoms with E-state index in [1.165, 1.54) is 0 Å². The number of aromatic nitrogens is 2. The second kappa shape index (κ2) is 5.65. The minimum absolute atomic E-state index is 0.0301. The summed E-state index contributed by atoms with van der Waals surface area (Å²) in [5.74, 6) is 0.464. The van der Waals surface area contributed by atoms with Gasteiger partial charge in [-0.05, 0) is 33.3 Å². The van der Waals surface area contributed by atoms with Gasteiger partial charge in [-0.25, -0.2) is 14.8 Å². The predicted molar refractivity (Wildman–Crippen MR) is 91.3 cm³/mol. The average molecular weight is 310 g/mol. The van der Waals surface area contributed by atoms with E-state index in [4.69, 9.17) is 0 Å². The van der Waals surface area contributed by atoms with Crippen LogP contribution in [-0.4, -0.2) is 39.0 Å². The number of benzene rings is 1. The van der Waals surface area contributed by atoms with Gasteiger partial charge in [0.1, 0.15) is 0 Å². The Morgan fingerprint density at radius 1 is 1.04 bits per heavy atom. The van der Waals surface area contributed by atoms with Gasteiger partial charge >= 0.3 is 6.03 Å². The zero-order valence-electron chi connectivity index (χ0n) is 14.0. The number of nitrogens with zero attached hydrogens (tertiary/aromatic N) is 4.